The van der Waals surface area contributed by atoms with Crippen LogP contribution in [-0.2, 0) is 20.0 Å². The van der Waals surface area contributed by atoms with Gasteiger partial charge in [0.25, 0.3) is 0 Å². The van der Waals surface area contributed by atoms with Crippen LogP contribution in [0.2, 0.25) is 5.02 Å². The average Bonchev–Trinajstić information content (AvgIpc) is 2.69. The van der Waals surface area contributed by atoms with Crippen LogP contribution in [0.5, 0.6) is 0 Å². The zero-order chi connectivity index (χ0) is 13.1. The van der Waals surface area contributed by atoms with Crippen molar-refractivity contribution in [3.8, 4) is 0 Å². The van der Waals surface area contributed by atoms with Gasteiger partial charge >= 0.3 is 0 Å². The molecule has 0 fully saturated rings. The van der Waals surface area contributed by atoms with E-state index in [0.29, 0.717) is 0 Å². The van der Waals surface area contributed by atoms with Crippen molar-refractivity contribution < 1.29 is 0 Å². The molecule has 1 aromatic carbocycles. The fraction of sp³-hybridized carbons (Fsp3) is 0.308. The van der Waals surface area contributed by atoms with Crippen molar-refractivity contribution in [3.63, 3.8) is 0 Å². The smallest absolute Gasteiger partial charge is 0.0625 e. The van der Waals surface area contributed by atoms with E-state index in [2.05, 4.69) is 39.3 Å². The van der Waals surface area contributed by atoms with E-state index in [1.54, 1.807) is 0 Å². The first kappa shape index (κ1) is 13.4. The molecule has 3 nitrogen and oxygen atoms in total. The minimum Gasteiger partial charge on any atom is -0.378 e. The van der Waals surface area contributed by atoms with Gasteiger partial charge in [-0.1, -0.05) is 18.5 Å². The quantitative estimate of drug-likeness (QED) is 0.919. The molecule has 1 N–H and O–H groups in total. The Kier molecular flexibility index (Phi) is 4.30. The molecule has 96 valence electrons. The third-order valence-electron chi connectivity index (χ3n) is 2.78. The second-order valence-electron chi connectivity index (χ2n) is 4.08. The Morgan fingerprint density at radius 1 is 1.39 bits per heavy atom. The molecule has 0 amide bonds. The lowest BCUT2D eigenvalue weighted by Crippen LogP contribution is -2.05. The van der Waals surface area contributed by atoms with Gasteiger partial charge in [-0.25, -0.2) is 0 Å². The monoisotopic (exact) mass is 327 g/mol. The minimum absolute atomic E-state index is 0.723. The van der Waals surface area contributed by atoms with Crippen molar-refractivity contribution in [2.45, 2.75) is 19.9 Å². The van der Waals surface area contributed by atoms with Crippen molar-refractivity contribution in [3.05, 3.63) is 45.1 Å². The van der Waals surface area contributed by atoms with E-state index >= 15 is 0 Å². The van der Waals surface area contributed by atoms with E-state index in [4.69, 9.17) is 11.6 Å². The highest BCUT2D eigenvalue weighted by Gasteiger charge is 2.05. The Morgan fingerprint density at radius 3 is 2.78 bits per heavy atom. The van der Waals surface area contributed by atoms with E-state index in [1.165, 1.54) is 0 Å². The number of hydrogen-bond donors (Lipinski definition) is 1. The van der Waals surface area contributed by atoms with E-state index in [1.807, 2.05) is 29.9 Å². The Hall–Kier alpha value is -1.00. The van der Waals surface area contributed by atoms with Crippen LogP contribution < -0.4 is 5.32 Å². The molecule has 1 heterocycles. The van der Waals surface area contributed by atoms with E-state index < -0.39 is 0 Å². The molecular weight excluding hydrogens is 314 g/mol. The SMILES string of the molecule is CCc1cc(CNc2ccc(Cl)cc2Br)n(C)n1. The number of nitrogens with zero attached hydrogens (tertiary/aromatic N) is 2. The van der Waals surface area contributed by atoms with Crippen LogP contribution in [0.25, 0.3) is 0 Å². The van der Waals surface area contributed by atoms with Crippen LogP contribution in [0.4, 0.5) is 5.69 Å². The fourth-order valence-electron chi connectivity index (χ4n) is 1.73. The van der Waals surface area contributed by atoms with Gasteiger partial charge in [0.05, 0.1) is 17.9 Å². The molecule has 0 unspecified atom stereocenters. The number of aryl methyl sites for hydroxylation is 2. The molecule has 0 aliphatic heterocycles. The zero-order valence-electron chi connectivity index (χ0n) is 10.4. The normalized spacial score (nSPS) is 10.7. The van der Waals surface area contributed by atoms with Crippen LogP contribution >= 0.6 is 27.5 Å². The third-order valence-corrected chi connectivity index (χ3v) is 3.67. The summed E-state index contributed by atoms with van der Waals surface area (Å²) < 4.78 is 2.88. The standard InChI is InChI=1S/C13H15BrClN3/c1-3-10-7-11(18(2)17-10)8-16-13-5-4-9(15)6-12(13)14/h4-7,16H,3,8H2,1-2H3. The molecule has 1 aromatic heterocycles. The number of rotatable bonds is 4. The number of benzene rings is 1. The summed E-state index contributed by atoms with van der Waals surface area (Å²) in [5, 5.41) is 8.51. The van der Waals surface area contributed by atoms with Gasteiger partial charge in [-0.3, -0.25) is 4.68 Å². The molecule has 18 heavy (non-hydrogen) atoms. The van der Waals surface area contributed by atoms with Gasteiger partial charge in [0.1, 0.15) is 0 Å². The van der Waals surface area contributed by atoms with Gasteiger partial charge < -0.3 is 5.32 Å². The van der Waals surface area contributed by atoms with Gasteiger partial charge in [-0.05, 0) is 46.6 Å². The van der Waals surface area contributed by atoms with Crippen molar-refractivity contribution >= 4 is 33.2 Å². The largest absolute Gasteiger partial charge is 0.378 e. The van der Waals surface area contributed by atoms with Crippen molar-refractivity contribution in [2.75, 3.05) is 5.32 Å². The topological polar surface area (TPSA) is 29.9 Å². The van der Waals surface area contributed by atoms with Gasteiger partial charge in [-0.15, -0.1) is 0 Å². The second kappa shape index (κ2) is 5.76. The van der Waals surface area contributed by atoms with Crippen LogP contribution in [0.15, 0.2) is 28.7 Å². The number of nitrogens with one attached hydrogen (secondary N) is 1. The van der Waals surface area contributed by atoms with Crippen LogP contribution in [0.1, 0.15) is 18.3 Å². The first-order valence-electron chi connectivity index (χ1n) is 5.81. The molecular formula is C13H15BrClN3. The summed E-state index contributed by atoms with van der Waals surface area (Å²) in [5.41, 5.74) is 3.30. The van der Waals surface area contributed by atoms with Crippen molar-refractivity contribution in [2.24, 2.45) is 7.05 Å². The van der Waals surface area contributed by atoms with Gasteiger partial charge in [0, 0.05) is 22.2 Å². The molecule has 0 atom stereocenters. The predicted octanol–water partition coefficient (Wildman–Crippen LogP) is 4.01. The summed E-state index contributed by atoms with van der Waals surface area (Å²) in [5.74, 6) is 0. The lowest BCUT2D eigenvalue weighted by molar-refractivity contribution is 0.707. The van der Waals surface area contributed by atoms with Crippen molar-refractivity contribution in [1.29, 1.82) is 0 Å². The Labute approximate surface area is 120 Å². The third kappa shape index (κ3) is 3.06. The maximum Gasteiger partial charge on any atom is 0.0625 e. The van der Waals surface area contributed by atoms with Gasteiger partial charge in [0.2, 0.25) is 0 Å². The average molecular weight is 329 g/mol. The summed E-state index contributed by atoms with van der Waals surface area (Å²) in [6.07, 6.45) is 0.957. The van der Waals surface area contributed by atoms with Crippen LogP contribution in [0, 0.1) is 0 Å². The molecule has 0 aliphatic rings. The summed E-state index contributed by atoms with van der Waals surface area (Å²) >= 11 is 9.40. The van der Waals surface area contributed by atoms with E-state index in [0.717, 1.165) is 39.5 Å². The summed E-state index contributed by atoms with van der Waals surface area (Å²) in [4.78, 5) is 0. The lowest BCUT2D eigenvalue weighted by atomic mass is 10.3. The van der Waals surface area contributed by atoms with Gasteiger partial charge in [-0.2, -0.15) is 5.10 Å². The summed E-state index contributed by atoms with van der Waals surface area (Å²) in [6, 6.07) is 7.83. The second-order valence-corrected chi connectivity index (χ2v) is 5.37. The molecule has 0 saturated heterocycles. The molecule has 0 bridgehead atoms. The maximum atomic E-state index is 5.91. The Morgan fingerprint density at radius 2 is 2.17 bits per heavy atom. The minimum atomic E-state index is 0.723. The highest BCUT2D eigenvalue weighted by atomic mass is 79.9. The van der Waals surface area contributed by atoms with Crippen molar-refractivity contribution in [1.82, 2.24) is 9.78 Å². The highest BCUT2D eigenvalue weighted by molar-refractivity contribution is 9.10. The Bertz CT molecular complexity index is 551. The first-order valence-corrected chi connectivity index (χ1v) is 6.98. The number of halogens is 2. The molecule has 2 rings (SSSR count). The van der Waals surface area contributed by atoms with E-state index in [9.17, 15) is 0 Å². The summed E-state index contributed by atoms with van der Waals surface area (Å²) in [6.45, 7) is 2.85. The molecule has 5 heteroatoms. The molecule has 0 spiro atoms. The number of hydrogen-bond acceptors (Lipinski definition) is 2. The lowest BCUT2D eigenvalue weighted by Gasteiger charge is -2.08. The fourth-order valence-corrected chi connectivity index (χ4v) is 2.55. The number of anilines is 1. The highest BCUT2D eigenvalue weighted by Crippen LogP contribution is 2.26. The number of aromatic nitrogens is 2. The van der Waals surface area contributed by atoms with Gasteiger partial charge in [0.15, 0.2) is 0 Å². The summed E-state index contributed by atoms with van der Waals surface area (Å²) in [7, 11) is 1.97. The first-order chi connectivity index (χ1) is 8.60. The predicted molar refractivity (Wildman–Crippen MR) is 79.1 cm³/mol. The maximum absolute atomic E-state index is 5.91. The van der Waals surface area contributed by atoms with E-state index in [-0.39, 0.29) is 0 Å². The van der Waals surface area contributed by atoms with Crippen LogP contribution in [-0.4, -0.2) is 9.78 Å². The molecule has 0 saturated carbocycles. The zero-order valence-corrected chi connectivity index (χ0v) is 12.7. The molecule has 2 aromatic rings. The molecule has 0 radical (unpaired) electrons. The molecule has 0 aliphatic carbocycles. The van der Waals surface area contributed by atoms with Crippen LogP contribution in [0.3, 0.4) is 0 Å². The Balaban J connectivity index is 2.08.